The van der Waals surface area contributed by atoms with Crippen LogP contribution in [0.25, 0.3) is 0 Å². The van der Waals surface area contributed by atoms with Crippen molar-refractivity contribution in [3.63, 3.8) is 0 Å². The number of aryl methyl sites for hydroxylation is 1. The van der Waals surface area contributed by atoms with E-state index in [0.29, 0.717) is 38.8 Å². The second-order valence-electron chi connectivity index (χ2n) is 12.0. The minimum Gasteiger partial charge on any atom is -0.481 e. The summed E-state index contributed by atoms with van der Waals surface area (Å²) in [6.07, 6.45) is 6.24. The van der Waals surface area contributed by atoms with Crippen LogP contribution in [0.15, 0.2) is 18.2 Å². The number of likely N-dealkylation sites (tertiary alicyclic amines) is 1. The lowest BCUT2D eigenvalue weighted by atomic mass is 9.65. The van der Waals surface area contributed by atoms with E-state index in [9.17, 15) is 9.90 Å². The number of carboxylic acid groups (broad SMARTS) is 1. The molecule has 0 bridgehead atoms. The average molecular weight is 595 g/mol. The number of benzene rings is 1. The molecule has 7 nitrogen and oxygen atoms in total. The Balaban J connectivity index is 1.21. The van der Waals surface area contributed by atoms with Crippen molar-refractivity contribution in [2.75, 3.05) is 36.4 Å². The molecule has 2 saturated heterocycles. The second kappa shape index (κ2) is 11.6. The summed E-state index contributed by atoms with van der Waals surface area (Å²) in [6, 6.07) is 5.80. The van der Waals surface area contributed by atoms with E-state index < -0.39 is 11.4 Å². The number of hydrogen-bond acceptors (Lipinski definition) is 6. The van der Waals surface area contributed by atoms with Gasteiger partial charge in [0.15, 0.2) is 5.82 Å². The summed E-state index contributed by atoms with van der Waals surface area (Å²) < 4.78 is 0. The third-order valence-electron chi connectivity index (χ3n) is 9.17. The molecular weight excluding hydrogens is 557 g/mol. The van der Waals surface area contributed by atoms with Crippen molar-refractivity contribution in [2.45, 2.75) is 71.4 Å². The molecule has 2 aromatic rings. The molecule has 1 saturated carbocycles. The van der Waals surface area contributed by atoms with Gasteiger partial charge in [-0.25, -0.2) is 4.98 Å². The number of aliphatic carboxylic acids is 1. The highest BCUT2D eigenvalue weighted by Gasteiger charge is 2.49. The van der Waals surface area contributed by atoms with Crippen LogP contribution in [-0.2, 0) is 4.79 Å². The van der Waals surface area contributed by atoms with Crippen LogP contribution in [0.2, 0.25) is 15.1 Å². The molecule has 3 aliphatic rings. The third-order valence-corrected chi connectivity index (χ3v) is 10.2. The standard InChI is InChI=1S/C29H38Cl3N5O2/c1-17(23-7-6-21(30)13-24(23)31)33-26-25(32)18(2)34-28(35-26)37-10-4-5-20(16-37)19-8-11-36(12-9-19)22-14-29(3,15-22)27(38)39/h6-7,13,17,19-20,22H,4-5,8-12,14-16H2,1-3H3,(H,38,39)(H,33,34,35)/t17-,20?,22-,29-/m1/s1. The zero-order valence-corrected chi connectivity index (χ0v) is 25.2. The summed E-state index contributed by atoms with van der Waals surface area (Å²) >= 11 is 19.2. The first-order chi connectivity index (χ1) is 18.5. The molecule has 2 atom stereocenters. The van der Waals surface area contributed by atoms with E-state index >= 15 is 0 Å². The Morgan fingerprint density at radius 1 is 1.10 bits per heavy atom. The van der Waals surface area contributed by atoms with E-state index in [2.05, 4.69) is 15.1 Å². The number of piperidine rings is 2. The minimum absolute atomic E-state index is 0.113. The maximum absolute atomic E-state index is 11.5. The summed E-state index contributed by atoms with van der Waals surface area (Å²) in [5.74, 6) is 1.96. The fourth-order valence-electron chi connectivity index (χ4n) is 6.66. The van der Waals surface area contributed by atoms with Gasteiger partial charge in [-0.05, 0) is 102 Å². The van der Waals surface area contributed by atoms with Gasteiger partial charge >= 0.3 is 5.97 Å². The minimum atomic E-state index is -0.655. The molecule has 1 aromatic carbocycles. The van der Waals surface area contributed by atoms with Crippen LogP contribution in [0, 0.1) is 24.2 Å². The predicted octanol–water partition coefficient (Wildman–Crippen LogP) is 7.10. The van der Waals surface area contributed by atoms with Crippen molar-refractivity contribution in [1.82, 2.24) is 14.9 Å². The molecule has 3 heterocycles. The number of rotatable bonds is 7. The van der Waals surface area contributed by atoms with E-state index in [0.717, 1.165) is 62.6 Å². The molecular formula is C29H38Cl3N5O2. The number of halogens is 3. The highest BCUT2D eigenvalue weighted by Crippen LogP contribution is 2.45. The molecule has 3 fully saturated rings. The SMILES string of the molecule is Cc1nc(N2CCCC(C3CCN([C@H]4C[C@](C)(C(=O)O)C4)CC3)C2)nc(N[C@H](C)c2ccc(Cl)cc2Cl)c1Cl. The molecule has 212 valence electrons. The molecule has 10 heteroatoms. The molecule has 39 heavy (non-hydrogen) atoms. The van der Waals surface area contributed by atoms with Crippen molar-refractivity contribution >= 4 is 52.5 Å². The zero-order valence-electron chi connectivity index (χ0n) is 22.9. The largest absolute Gasteiger partial charge is 0.481 e. The van der Waals surface area contributed by atoms with Crippen molar-refractivity contribution < 1.29 is 9.90 Å². The molecule has 0 spiro atoms. The maximum atomic E-state index is 11.5. The molecule has 1 aliphatic carbocycles. The third kappa shape index (κ3) is 6.12. The topological polar surface area (TPSA) is 81.6 Å². The van der Waals surface area contributed by atoms with Gasteiger partial charge in [0, 0.05) is 29.2 Å². The van der Waals surface area contributed by atoms with Gasteiger partial charge in [-0.2, -0.15) is 4.98 Å². The van der Waals surface area contributed by atoms with Crippen LogP contribution < -0.4 is 10.2 Å². The molecule has 2 aliphatic heterocycles. The van der Waals surface area contributed by atoms with Gasteiger partial charge in [-0.1, -0.05) is 40.9 Å². The molecule has 1 aromatic heterocycles. The van der Waals surface area contributed by atoms with Crippen LogP contribution in [0.1, 0.15) is 69.7 Å². The number of aromatic nitrogens is 2. The molecule has 1 unspecified atom stereocenters. The first-order valence-corrected chi connectivity index (χ1v) is 15.2. The van der Waals surface area contributed by atoms with Crippen molar-refractivity contribution in [2.24, 2.45) is 17.3 Å². The summed E-state index contributed by atoms with van der Waals surface area (Å²) in [6.45, 7) is 9.84. The Morgan fingerprint density at radius 2 is 1.82 bits per heavy atom. The van der Waals surface area contributed by atoms with E-state index in [4.69, 9.17) is 44.8 Å². The number of carbonyl (C=O) groups is 1. The number of nitrogens with one attached hydrogen (secondary N) is 1. The van der Waals surface area contributed by atoms with Gasteiger partial charge in [0.05, 0.1) is 17.2 Å². The molecule has 5 rings (SSSR count). The Hall–Kier alpha value is -1.80. The van der Waals surface area contributed by atoms with Gasteiger partial charge in [0.2, 0.25) is 5.95 Å². The van der Waals surface area contributed by atoms with Crippen molar-refractivity contribution in [3.8, 4) is 0 Å². The highest BCUT2D eigenvalue weighted by atomic mass is 35.5. The van der Waals surface area contributed by atoms with Crippen LogP contribution >= 0.6 is 34.8 Å². The fourth-order valence-corrected chi connectivity index (χ4v) is 7.37. The van der Waals surface area contributed by atoms with E-state index in [1.807, 2.05) is 32.9 Å². The smallest absolute Gasteiger partial charge is 0.309 e. The number of nitrogens with zero attached hydrogens (tertiary/aromatic N) is 4. The van der Waals surface area contributed by atoms with E-state index in [1.54, 1.807) is 6.07 Å². The van der Waals surface area contributed by atoms with Crippen LogP contribution in [0.4, 0.5) is 11.8 Å². The fraction of sp³-hybridized carbons (Fsp3) is 0.621. The molecule has 0 amide bonds. The Labute approximate surface area is 246 Å². The quantitative estimate of drug-likeness (QED) is 0.354. The monoisotopic (exact) mass is 593 g/mol. The normalized spacial score (nSPS) is 27.2. The Morgan fingerprint density at radius 3 is 2.49 bits per heavy atom. The van der Waals surface area contributed by atoms with Crippen LogP contribution in [0.5, 0.6) is 0 Å². The van der Waals surface area contributed by atoms with Crippen molar-refractivity contribution in [1.29, 1.82) is 0 Å². The first-order valence-electron chi connectivity index (χ1n) is 14.0. The summed E-state index contributed by atoms with van der Waals surface area (Å²) in [7, 11) is 0. The lowest BCUT2D eigenvalue weighted by Gasteiger charge is -2.50. The first kappa shape index (κ1) is 28.7. The Bertz CT molecular complexity index is 1210. The molecule has 0 radical (unpaired) electrons. The number of hydrogen-bond donors (Lipinski definition) is 2. The lowest BCUT2D eigenvalue weighted by Crippen LogP contribution is -2.55. The number of anilines is 2. The summed E-state index contributed by atoms with van der Waals surface area (Å²) in [5, 5.41) is 14.6. The highest BCUT2D eigenvalue weighted by molar-refractivity contribution is 6.35. The molecule has 2 N–H and O–H groups in total. The maximum Gasteiger partial charge on any atom is 0.309 e. The van der Waals surface area contributed by atoms with E-state index in [1.165, 1.54) is 19.3 Å². The van der Waals surface area contributed by atoms with E-state index in [-0.39, 0.29) is 6.04 Å². The van der Waals surface area contributed by atoms with Gasteiger partial charge in [0.1, 0.15) is 5.02 Å². The van der Waals surface area contributed by atoms with Gasteiger partial charge in [0.25, 0.3) is 0 Å². The van der Waals surface area contributed by atoms with Crippen molar-refractivity contribution in [3.05, 3.63) is 44.5 Å². The average Bonchev–Trinajstić information content (AvgIpc) is 2.89. The summed E-state index contributed by atoms with van der Waals surface area (Å²) in [5.41, 5.74) is 1.14. The number of carboxylic acids is 1. The second-order valence-corrected chi connectivity index (χ2v) is 13.2. The van der Waals surface area contributed by atoms with Gasteiger partial charge in [-0.15, -0.1) is 0 Å². The van der Waals surface area contributed by atoms with Crippen LogP contribution in [0.3, 0.4) is 0 Å². The summed E-state index contributed by atoms with van der Waals surface area (Å²) in [4.78, 5) is 26.0. The predicted molar refractivity (Wildman–Crippen MR) is 158 cm³/mol. The van der Waals surface area contributed by atoms with Crippen LogP contribution in [-0.4, -0.2) is 58.2 Å². The van der Waals surface area contributed by atoms with Gasteiger partial charge < -0.3 is 20.2 Å². The lowest BCUT2D eigenvalue weighted by molar-refractivity contribution is -0.158. The Kier molecular flexibility index (Phi) is 8.54. The zero-order chi connectivity index (χ0) is 27.9. The van der Waals surface area contributed by atoms with Gasteiger partial charge in [-0.3, -0.25) is 4.79 Å².